The minimum atomic E-state index is -0.894. The first kappa shape index (κ1) is 14.2. The lowest BCUT2D eigenvalue weighted by Crippen LogP contribution is -2.04. The van der Waals surface area contributed by atoms with Crippen LogP contribution < -0.4 is 0 Å². The van der Waals surface area contributed by atoms with Crippen molar-refractivity contribution in [2.45, 2.75) is 6.61 Å². The van der Waals surface area contributed by atoms with Crippen molar-refractivity contribution in [2.75, 3.05) is 0 Å². The number of nitrogens with zero attached hydrogens (tertiary/aromatic N) is 2. The minimum Gasteiger partial charge on any atom is -0.455 e. The van der Waals surface area contributed by atoms with Gasteiger partial charge in [0.05, 0.1) is 11.0 Å². The number of benzene rings is 1. The third-order valence-electron chi connectivity index (χ3n) is 2.46. The van der Waals surface area contributed by atoms with Crippen LogP contribution in [0.1, 0.15) is 16.1 Å². The topological polar surface area (TPSA) is 126 Å². The Bertz CT molecular complexity index is 707. The number of non-ortho nitro benzene ring substituents is 1. The summed E-state index contributed by atoms with van der Waals surface area (Å²) >= 11 is 0. The second-order valence-corrected chi connectivity index (χ2v) is 3.90. The monoisotopic (exact) mass is 292 g/mol. The van der Waals surface area contributed by atoms with E-state index in [1.807, 2.05) is 0 Å². The number of carbonyl (C=O) groups excluding carboxylic acids is 1. The molecule has 0 aliphatic rings. The number of nitro groups is 2. The molecule has 2 rings (SSSR count). The molecule has 9 nitrogen and oxygen atoms in total. The van der Waals surface area contributed by atoms with E-state index in [-0.39, 0.29) is 18.1 Å². The summed E-state index contributed by atoms with van der Waals surface area (Å²) in [6, 6.07) is 7.72. The summed E-state index contributed by atoms with van der Waals surface area (Å²) in [7, 11) is 0. The van der Waals surface area contributed by atoms with Crippen molar-refractivity contribution in [1.82, 2.24) is 0 Å². The lowest BCUT2D eigenvalue weighted by Gasteiger charge is -2.02. The van der Waals surface area contributed by atoms with Gasteiger partial charge in [-0.05, 0) is 11.6 Å². The zero-order valence-corrected chi connectivity index (χ0v) is 10.4. The summed E-state index contributed by atoms with van der Waals surface area (Å²) < 4.78 is 9.54. The van der Waals surface area contributed by atoms with E-state index in [9.17, 15) is 25.0 Å². The summed E-state index contributed by atoms with van der Waals surface area (Å²) in [5, 5.41) is 21.0. The summed E-state index contributed by atoms with van der Waals surface area (Å²) in [5.74, 6) is -1.78. The van der Waals surface area contributed by atoms with Crippen molar-refractivity contribution in [3.63, 3.8) is 0 Å². The molecule has 0 radical (unpaired) electrons. The number of hydrogen-bond acceptors (Lipinski definition) is 7. The van der Waals surface area contributed by atoms with Gasteiger partial charge in [-0.2, -0.15) is 0 Å². The number of rotatable bonds is 5. The highest BCUT2D eigenvalue weighted by atomic mass is 16.7. The molecule has 0 atom stereocenters. The van der Waals surface area contributed by atoms with E-state index in [0.29, 0.717) is 5.56 Å². The van der Waals surface area contributed by atoms with Gasteiger partial charge in [0, 0.05) is 12.1 Å². The molecule has 0 amide bonds. The number of ether oxygens (including phenoxy) is 1. The van der Waals surface area contributed by atoms with E-state index in [2.05, 4.69) is 4.42 Å². The lowest BCUT2D eigenvalue weighted by atomic mass is 10.2. The number of esters is 1. The zero-order chi connectivity index (χ0) is 15.4. The molecular formula is C12H8N2O7. The molecule has 21 heavy (non-hydrogen) atoms. The maximum Gasteiger partial charge on any atom is 0.433 e. The highest BCUT2D eigenvalue weighted by Crippen LogP contribution is 2.18. The summed E-state index contributed by atoms with van der Waals surface area (Å²) in [6.45, 7) is -0.213. The second-order valence-electron chi connectivity index (χ2n) is 3.90. The maximum atomic E-state index is 11.6. The van der Waals surface area contributed by atoms with Crippen LogP contribution in [0.5, 0.6) is 0 Å². The minimum absolute atomic E-state index is 0.128. The fourth-order valence-electron chi connectivity index (χ4n) is 1.52. The van der Waals surface area contributed by atoms with E-state index in [1.54, 1.807) is 6.07 Å². The molecule has 1 aromatic carbocycles. The molecule has 0 unspecified atom stereocenters. The van der Waals surface area contributed by atoms with Crippen molar-refractivity contribution < 1.29 is 23.8 Å². The van der Waals surface area contributed by atoms with Gasteiger partial charge in [0.1, 0.15) is 11.5 Å². The molecule has 1 heterocycles. The molecule has 2 aromatic rings. The quantitative estimate of drug-likeness (QED) is 0.470. The molecule has 0 N–H and O–H groups in total. The molecule has 0 spiro atoms. The molecule has 0 aliphatic heterocycles. The van der Waals surface area contributed by atoms with Gasteiger partial charge in [0.25, 0.3) is 5.69 Å². The van der Waals surface area contributed by atoms with Gasteiger partial charge in [0.2, 0.25) is 5.76 Å². The molecule has 0 saturated carbocycles. The van der Waals surface area contributed by atoms with Gasteiger partial charge < -0.3 is 9.15 Å². The van der Waals surface area contributed by atoms with Gasteiger partial charge in [-0.3, -0.25) is 20.2 Å². The van der Waals surface area contributed by atoms with E-state index in [4.69, 9.17) is 4.74 Å². The fourth-order valence-corrected chi connectivity index (χ4v) is 1.52. The molecule has 1 aromatic heterocycles. The Hall–Kier alpha value is -3.23. The number of furan rings is 1. The van der Waals surface area contributed by atoms with Gasteiger partial charge in [-0.25, -0.2) is 4.79 Å². The van der Waals surface area contributed by atoms with Crippen LogP contribution in [-0.2, 0) is 11.3 Å². The molecular weight excluding hydrogens is 284 g/mol. The first-order valence-electron chi connectivity index (χ1n) is 5.62. The molecule has 0 fully saturated rings. The number of hydrogen-bond donors (Lipinski definition) is 0. The number of nitro benzene ring substituents is 1. The van der Waals surface area contributed by atoms with Crippen molar-refractivity contribution in [3.8, 4) is 0 Å². The Morgan fingerprint density at radius 3 is 2.52 bits per heavy atom. The summed E-state index contributed by atoms with van der Waals surface area (Å²) in [4.78, 5) is 31.3. The summed E-state index contributed by atoms with van der Waals surface area (Å²) in [5.41, 5.74) is 0.288. The van der Waals surface area contributed by atoms with Crippen molar-refractivity contribution in [2.24, 2.45) is 0 Å². The molecule has 0 aliphatic carbocycles. The third-order valence-corrected chi connectivity index (χ3v) is 2.46. The SMILES string of the molecule is O=C(OCc1cccc([N+](=O)[O-])c1)c1ccc([N+](=O)[O-])o1. The van der Waals surface area contributed by atoms with Crippen LogP contribution in [0, 0.1) is 20.2 Å². The van der Waals surface area contributed by atoms with Crippen LogP contribution in [0.3, 0.4) is 0 Å². The largest absolute Gasteiger partial charge is 0.455 e. The van der Waals surface area contributed by atoms with Crippen LogP contribution in [0.25, 0.3) is 0 Å². The highest BCUT2D eigenvalue weighted by Gasteiger charge is 2.18. The van der Waals surface area contributed by atoms with Gasteiger partial charge in [-0.15, -0.1) is 0 Å². The van der Waals surface area contributed by atoms with Crippen molar-refractivity contribution in [1.29, 1.82) is 0 Å². The van der Waals surface area contributed by atoms with Crippen molar-refractivity contribution >= 4 is 17.5 Å². The van der Waals surface area contributed by atoms with Crippen molar-refractivity contribution in [3.05, 3.63) is 68.0 Å². The standard InChI is InChI=1S/C12H8N2O7/c15-12(10-4-5-11(21-10)14(18)19)20-7-8-2-1-3-9(6-8)13(16)17/h1-6H,7H2. The van der Waals surface area contributed by atoms with Crippen LogP contribution >= 0.6 is 0 Å². The highest BCUT2D eigenvalue weighted by molar-refractivity contribution is 5.86. The third kappa shape index (κ3) is 3.41. The lowest BCUT2D eigenvalue weighted by molar-refractivity contribution is -0.402. The van der Waals surface area contributed by atoms with E-state index in [0.717, 1.165) is 12.1 Å². The van der Waals surface area contributed by atoms with Gasteiger partial charge in [0.15, 0.2) is 0 Å². The Labute approximate surface area is 117 Å². The zero-order valence-electron chi connectivity index (χ0n) is 10.4. The fraction of sp³-hybridized carbons (Fsp3) is 0.0833. The Balaban J connectivity index is 2.02. The molecule has 108 valence electrons. The van der Waals surface area contributed by atoms with Crippen LogP contribution in [0.4, 0.5) is 11.6 Å². The molecule has 9 heteroatoms. The maximum absolute atomic E-state index is 11.6. The molecule has 0 saturated heterocycles. The van der Waals surface area contributed by atoms with Crippen LogP contribution in [-0.4, -0.2) is 15.8 Å². The predicted molar refractivity (Wildman–Crippen MR) is 67.6 cm³/mol. The molecule has 0 bridgehead atoms. The average Bonchev–Trinajstić information content (AvgIpc) is 2.95. The van der Waals surface area contributed by atoms with Gasteiger partial charge in [-0.1, -0.05) is 12.1 Å². The van der Waals surface area contributed by atoms with Crippen LogP contribution in [0.2, 0.25) is 0 Å². The predicted octanol–water partition coefficient (Wildman–Crippen LogP) is 2.45. The first-order chi connectivity index (χ1) is 9.97. The van der Waals surface area contributed by atoms with E-state index >= 15 is 0 Å². The Morgan fingerprint density at radius 2 is 1.90 bits per heavy atom. The average molecular weight is 292 g/mol. The first-order valence-corrected chi connectivity index (χ1v) is 5.62. The smallest absolute Gasteiger partial charge is 0.433 e. The van der Waals surface area contributed by atoms with E-state index in [1.165, 1.54) is 18.2 Å². The van der Waals surface area contributed by atoms with Gasteiger partial charge >= 0.3 is 11.9 Å². The number of carbonyl (C=O) groups is 1. The summed E-state index contributed by atoms with van der Waals surface area (Å²) in [6.07, 6.45) is 0. The Kier molecular flexibility index (Phi) is 3.93. The Morgan fingerprint density at radius 1 is 1.14 bits per heavy atom. The van der Waals surface area contributed by atoms with E-state index < -0.39 is 21.7 Å². The second kappa shape index (κ2) is 5.82. The van der Waals surface area contributed by atoms with Crippen LogP contribution in [0.15, 0.2) is 40.8 Å². The normalized spacial score (nSPS) is 10.1.